The van der Waals surface area contributed by atoms with Crippen molar-refractivity contribution in [3.05, 3.63) is 70.0 Å². The van der Waals surface area contributed by atoms with Crippen molar-refractivity contribution in [2.45, 2.75) is 12.5 Å². The van der Waals surface area contributed by atoms with Crippen molar-refractivity contribution in [3.63, 3.8) is 0 Å². The SMILES string of the molecule is CN(C)CCCN1C(=O)C(=O)C(=C(O)c2ccc3c(c2)oc(=O)n3C)C1c1cccnc1. The minimum absolute atomic E-state index is 0.00881. The standard InChI is InChI=1S/C23H24N4O5/c1-25(2)10-5-11-27-19(15-6-4-9-24-13-15)18(21(29)22(27)30)20(28)14-7-8-16-17(12-14)32-23(31)26(16)3/h4,6-9,12-13,19,28H,5,10-11H2,1-3H3. The zero-order chi connectivity index (χ0) is 23.0. The van der Waals surface area contributed by atoms with Crippen molar-refractivity contribution in [3.8, 4) is 0 Å². The molecule has 0 aliphatic carbocycles. The Morgan fingerprint density at radius 2 is 2.00 bits per heavy atom. The maximum Gasteiger partial charge on any atom is 0.419 e. The van der Waals surface area contributed by atoms with Crippen molar-refractivity contribution in [2.24, 2.45) is 7.05 Å². The van der Waals surface area contributed by atoms with Crippen LogP contribution >= 0.6 is 0 Å². The number of Topliss-reactive ketones (excluding diaryl/α,β-unsaturated/α-hetero) is 1. The summed E-state index contributed by atoms with van der Waals surface area (Å²) in [5, 5.41) is 11.1. The summed E-state index contributed by atoms with van der Waals surface area (Å²) >= 11 is 0. The summed E-state index contributed by atoms with van der Waals surface area (Å²) in [6, 6.07) is 7.44. The van der Waals surface area contributed by atoms with Gasteiger partial charge in [0.2, 0.25) is 0 Å². The lowest BCUT2D eigenvalue weighted by Gasteiger charge is -2.25. The smallest absolute Gasteiger partial charge is 0.419 e. The average Bonchev–Trinajstić information content (AvgIpc) is 3.20. The highest BCUT2D eigenvalue weighted by Gasteiger charge is 2.45. The van der Waals surface area contributed by atoms with Crippen LogP contribution in [0.3, 0.4) is 0 Å². The van der Waals surface area contributed by atoms with E-state index in [9.17, 15) is 19.5 Å². The quantitative estimate of drug-likeness (QED) is 0.357. The molecule has 1 N–H and O–H groups in total. The molecular weight excluding hydrogens is 412 g/mol. The average molecular weight is 436 g/mol. The van der Waals surface area contributed by atoms with Gasteiger partial charge in [0.1, 0.15) is 5.76 Å². The number of nitrogens with zero attached hydrogens (tertiary/aromatic N) is 4. The first kappa shape index (κ1) is 21.5. The number of hydrogen-bond acceptors (Lipinski definition) is 7. The fourth-order valence-corrected chi connectivity index (χ4v) is 3.99. The number of aliphatic hydroxyl groups excluding tert-OH is 1. The lowest BCUT2D eigenvalue weighted by atomic mass is 9.96. The number of aromatic nitrogens is 2. The maximum absolute atomic E-state index is 13.0. The van der Waals surface area contributed by atoms with Crippen LogP contribution in [0, 0.1) is 0 Å². The Labute approximate surface area is 184 Å². The number of amides is 1. The Hall–Kier alpha value is -3.72. The molecule has 4 rings (SSSR count). The highest BCUT2D eigenvalue weighted by atomic mass is 16.4. The number of pyridine rings is 1. The van der Waals surface area contributed by atoms with Crippen LogP contribution < -0.4 is 5.76 Å². The van der Waals surface area contributed by atoms with Crippen LogP contribution in [0.1, 0.15) is 23.6 Å². The molecular formula is C23H24N4O5. The van der Waals surface area contributed by atoms with Gasteiger partial charge in [-0.05, 0) is 56.9 Å². The van der Waals surface area contributed by atoms with Crippen molar-refractivity contribution in [1.82, 2.24) is 19.4 Å². The van der Waals surface area contributed by atoms with Gasteiger partial charge in [0.25, 0.3) is 11.7 Å². The lowest BCUT2D eigenvalue weighted by Crippen LogP contribution is -2.32. The topological polar surface area (TPSA) is 109 Å². The number of rotatable bonds is 6. The monoisotopic (exact) mass is 436 g/mol. The van der Waals surface area contributed by atoms with E-state index in [4.69, 9.17) is 4.42 Å². The molecule has 0 radical (unpaired) electrons. The van der Waals surface area contributed by atoms with Crippen LogP contribution in [-0.2, 0) is 16.6 Å². The first-order valence-corrected chi connectivity index (χ1v) is 10.2. The minimum atomic E-state index is -0.760. The molecule has 166 valence electrons. The summed E-state index contributed by atoms with van der Waals surface area (Å²) < 4.78 is 6.55. The van der Waals surface area contributed by atoms with Crippen LogP contribution in [0.4, 0.5) is 0 Å². The fraction of sp³-hybridized carbons (Fsp3) is 0.304. The molecule has 1 fully saturated rings. The van der Waals surface area contributed by atoms with E-state index in [-0.39, 0.29) is 22.5 Å². The van der Waals surface area contributed by atoms with E-state index in [1.165, 1.54) is 15.5 Å². The van der Waals surface area contributed by atoms with Crippen molar-refractivity contribution in [1.29, 1.82) is 0 Å². The van der Waals surface area contributed by atoms with E-state index in [1.807, 2.05) is 19.0 Å². The van der Waals surface area contributed by atoms with Gasteiger partial charge in [-0.15, -0.1) is 0 Å². The maximum atomic E-state index is 13.0. The fourth-order valence-electron chi connectivity index (χ4n) is 3.99. The summed E-state index contributed by atoms with van der Waals surface area (Å²) in [5.41, 5.74) is 1.74. The number of likely N-dealkylation sites (tertiary alicyclic amines) is 1. The summed E-state index contributed by atoms with van der Waals surface area (Å²) in [6.07, 6.45) is 3.85. The molecule has 9 heteroatoms. The van der Waals surface area contributed by atoms with Gasteiger partial charge in [0, 0.05) is 31.5 Å². The third-order valence-electron chi connectivity index (χ3n) is 5.61. The van der Waals surface area contributed by atoms with Gasteiger partial charge < -0.3 is 19.3 Å². The molecule has 0 saturated carbocycles. The number of oxazole rings is 1. The number of carbonyl (C=O) groups is 2. The summed E-state index contributed by atoms with van der Waals surface area (Å²) in [5.74, 6) is -2.26. The molecule has 3 heterocycles. The molecule has 1 aliphatic heterocycles. The predicted octanol–water partition coefficient (Wildman–Crippen LogP) is 1.90. The van der Waals surface area contributed by atoms with Crippen molar-refractivity contribution >= 4 is 28.5 Å². The van der Waals surface area contributed by atoms with Gasteiger partial charge in [-0.25, -0.2) is 4.79 Å². The molecule has 9 nitrogen and oxygen atoms in total. The van der Waals surface area contributed by atoms with Crippen molar-refractivity contribution in [2.75, 3.05) is 27.2 Å². The Kier molecular flexibility index (Phi) is 5.67. The summed E-state index contributed by atoms with van der Waals surface area (Å²) in [7, 11) is 5.45. The number of carbonyl (C=O) groups excluding carboxylic acids is 2. The predicted molar refractivity (Wildman–Crippen MR) is 118 cm³/mol. The normalized spacial score (nSPS) is 18.2. The van der Waals surface area contributed by atoms with E-state index in [0.717, 1.165) is 6.54 Å². The second-order valence-electron chi connectivity index (χ2n) is 8.05. The molecule has 0 bridgehead atoms. The first-order valence-electron chi connectivity index (χ1n) is 10.2. The molecule has 0 spiro atoms. The number of fused-ring (bicyclic) bond motifs is 1. The molecule has 1 aliphatic rings. The number of aryl methyl sites for hydroxylation is 1. The first-order chi connectivity index (χ1) is 15.3. The lowest BCUT2D eigenvalue weighted by molar-refractivity contribution is -0.139. The highest BCUT2D eigenvalue weighted by molar-refractivity contribution is 6.46. The van der Waals surface area contributed by atoms with E-state index >= 15 is 0 Å². The van der Waals surface area contributed by atoms with Crippen LogP contribution in [0.15, 0.2) is 57.5 Å². The van der Waals surface area contributed by atoms with Gasteiger partial charge >= 0.3 is 5.76 Å². The van der Waals surface area contributed by atoms with Crippen LogP contribution in [0.5, 0.6) is 0 Å². The Bertz CT molecular complexity index is 1270. The van der Waals surface area contributed by atoms with Crippen LogP contribution in [0.2, 0.25) is 0 Å². The van der Waals surface area contributed by atoms with Gasteiger partial charge in [0.15, 0.2) is 5.58 Å². The summed E-state index contributed by atoms with van der Waals surface area (Å²) in [6.45, 7) is 1.10. The Morgan fingerprint density at radius 1 is 1.22 bits per heavy atom. The largest absolute Gasteiger partial charge is 0.507 e. The van der Waals surface area contributed by atoms with Crippen LogP contribution in [-0.4, -0.2) is 63.3 Å². The summed E-state index contributed by atoms with van der Waals surface area (Å²) in [4.78, 5) is 45.3. The molecule has 32 heavy (non-hydrogen) atoms. The third kappa shape index (κ3) is 3.71. The molecule has 1 unspecified atom stereocenters. The van der Waals surface area contributed by atoms with E-state index < -0.39 is 23.5 Å². The van der Waals surface area contributed by atoms with Crippen molar-refractivity contribution < 1.29 is 19.1 Å². The molecule has 2 aromatic heterocycles. The minimum Gasteiger partial charge on any atom is -0.507 e. The Balaban J connectivity index is 1.82. The van der Waals surface area contributed by atoms with Gasteiger partial charge in [-0.3, -0.25) is 19.1 Å². The highest BCUT2D eigenvalue weighted by Crippen LogP contribution is 2.39. The second kappa shape index (κ2) is 8.43. The van der Waals surface area contributed by atoms with Gasteiger partial charge in [-0.2, -0.15) is 0 Å². The number of hydrogen-bond donors (Lipinski definition) is 1. The van der Waals surface area contributed by atoms with E-state index in [1.54, 1.807) is 43.7 Å². The molecule has 1 atom stereocenters. The van der Waals surface area contributed by atoms with Crippen LogP contribution in [0.25, 0.3) is 16.9 Å². The van der Waals surface area contributed by atoms with Gasteiger partial charge in [-0.1, -0.05) is 6.07 Å². The Morgan fingerprint density at radius 3 is 2.69 bits per heavy atom. The molecule has 1 aromatic carbocycles. The molecule has 1 amide bonds. The number of aliphatic hydroxyl groups is 1. The number of ketones is 1. The second-order valence-corrected chi connectivity index (χ2v) is 8.05. The molecule has 1 saturated heterocycles. The number of benzene rings is 1. The zero-order valence-electron chi connectivity index (χ0n) is 18.1. The molecule has 3 aromatic rings. The third-order valence-corrected chi connectivity index (χ3v) is 5.61. The van der Waals surface area contributed by atoms with Gasteiger partial charge in [0.05, 0.1) is 17.1 Å². The van der Waals surface area contributed by atoms with E-state index in [2.05, 4.69) is 4.98 Å². The zero-order valence-corrected chi connectivity index (χ0v) is 18.1. The van der Waals surface area contributed by atoms with E-state index in [0.29, 0.717) is 24.0 Å².